The second kappa shape index (κ2) is 7.48. The summed E-state index contributed by atoms with van der Waals surface area (Å²) in [6, 6.07) is 4.48. The van der Waals surface area contributed by atoms with Gasteiger partial charge in [0.1, 0.15) is 17.8 Å². The average molecular weight is 351 g/mol. The first-order valence-corrected chi connectivity index (χ1v) is 9.63. The van der Waals surface area contributed by atoms with Gasteiger partial charge in [-0.1, -0.05) is 31.0 Å². The summed E-state index contributed by atoms with van der Waals surface area (Å²) in [6.07, 6.45) is 6.28. The predicted molar refractivity (Wildman–Crippen MR) is 111 cm³/mol. The van der Waals surface area contributed by atoms with Crippen LogP contribution in [0.5, 0.6) is 0 Å². The Morgan fingerprint density at radius 2 is 1.65 bits per heavy atom. The monoisotopic (exact) mass is 350 g/mol. The molecule has 0 spiro atoms. The van der Waals surface area contributed by atoms with Gasteiger partial charge in [-0.25, -0.2) is 9.97 Å². The number of anilines is 1. The van der Waals surface area contributed by atoms with E-state index in [1.807, 2.05) is 0 Å². The van der Waals surface area contributed by atoms with Crippen molar-refractivity contribution in [2.75, 3.05) is 18.0 Å². The van der Waals surface area contributed by atoms with E-state index in [0.29, 0.717) is 0 Å². The molecule has 0 unspecified atom stereocenters. The lowest BCUT2D eigenvalue weighted by Gasteiger charge is -2.22. The van der Waals surface area contributed by atoms with Crippen molar-refractivity contribution in [2.24, 2.45) is 0 Å². The van der Waals surface area contributed by atoms with E-state index in [1.165, 1.54) is 46.2 Å². The molecule has 0 saturated heterocycles. The van der Waals surface area contributed by atoms with Crippen LogP contribution in [0.3, 0.4) is 0 Å². The van der Waals surface area contributed by atoms with Gasteiger partial charge < -0.3 is 9.47 Å². The standard InChI is InChI=1S/C22H30N4/c1-7-9-10-25(8-2)21-19-18(6)13-26(22(19)24-14-23-21)20-16(4)11-15(3)12-17(20)5/h11-14H,7-10H2,1-6H3. The van der Waals surface area contributed by atoms with Crippen molar-refractivity contribution in [3.05, 3.63) is 46.9 Å². The number of nitrogens with zero attached hydrogens (tertiary/aromatic N) is 4. The predicted octanol–water partition coefficient (Wildman–Crippen LogP) is 5.28. The smallest absolute Gasteiger partial charge is 0.150 e. The molecule has 3 aromatic rings. The maximum Gasteiger partial charge on any atom is 0.150 e. The van der Waals surface area contributed by atoms with E-state index >= 15 is 0 Å². The summed E-state index contributed by atoms with van der Waals surface area (Å²) in [5, 5.41) is 1.17. The lowest BCUT2D eigenvalue weighted by Crippen LogP contribution is -2.25. The van der Waals surface area contributed by atoms with E-state index in [0.717, 1.165) is 24.6 Å². The van der Waals surface area contributed by atoms with Crippen molar-refractivity contribution in [1.29, 1.82) is 0 Å². The van der Waals surface area contributed by atoms with Crippen molar-refractivity contribution in [3.8, 4) is 5.69 Å². The highest BCUT2D eigenvalue weighted by atomic mass is 15.2. The molecular weight excluding hydrogens is 320 g/mol. The molecule has 26 heavy (non-hydrogen) atoms. The lowest BCUT2D eigenvalue weighted by molar-refractivity contribution is 0.725. The molecule has 0 aliphatic rings. The molecule has 1 aromatic carbocycles. The number of hydrogen-bond acceptors (Lipinski definition) is 3. The van der Waals surface area contributed by atoms with Crippen molar-refractivity contribution in [1.82, 2.24) is 14.5 Å². The van der Waals surface area contributed by atoms with Crippen LogP contribution in [0.15, 0.2) is 24.7 Å². The molecule has 0 amide bonds. The highest BCUT2D eigenvalue weighted by molar-refractivity contribution is 5.92. The summed E-state index contributed by atoms with van der Waals surface area (Å²) in [6.45, 7) is 15.1. The van der Waals surface area contributed by atoms with Gasteiger partial charge in [0.25, 0.3) is 0 Å². The Morgan fingerprint density at radius 3 is 2.27 bits per heavy atom. The maximum atomic E-state index is 4.67. The lowest BCUT2D eigenvalue weighted by atomic mass is 10.1. The van der Waals surface area contributed by atoms with E-state index < -0.39 is 0 Å². The van der Waals surface area contributed by atoms with Crippen LogP contribution in [0.1, 0.15) is 48.9 Å². The minimum Gasteiger partial charge on any atom is -0.356 e. The number of aromatic nitrogens is 3. The molecule has 4 nitrogen and oxygen atoms in total. The van der Waals surface area contributed by atoms with E-state index in [4.69, 9.17) is 0 Å². The molecule has 0 fully saturated rings. The number of fused-ring (bicyclic) bond motifs is 1. The van der Waals surface area contributed by atoms with E-state index in [2.05, 4.69) is 79.3 Å². The summed E-state index contributed by atoms with van der Waals surface area (Å²) in [5.41, 5.74) is 7.30. The van der Waals surface area contributed by atoms with Crippen molar-refractivity contribution in [3.63, 3.8) is 0 Å². The largest absolute Gasteiger partial charge is 0.356 e. The van der Waals surface area contributed by atoms with E-state index in [-0.39, 0.29) is 0 Å². The third-order valence-electron chi connectivity index (χ3n) is 5.09. The van der Waals surface area contributed by atoms with Crippen LogP contribution in [-0.2, 0) is 0 Å². The van der Waals surface area contributed by atoms with Gasteiger partial charge >= 0.3 is 0 Å². The van der Waals surface area contributed by atoms with Crippen LogP contribution in [-0.4, -0.2) is 27.6 Å². The van der Waals surface area contributed by atoms with Crippen LogP contribution < -0.4 is 4.90 Å². The first kappa shape index (κ1) is 18.4. The van der Waals surface area contributed by atoms with E-state index in [9.17, 15) is 0 Å². The molecule has 0 radical (unpaired) electrons. The first-order chi connectivity index (χ1) is 12.5. The van der Waals surface area contributed by atoms with Crippen LogP contribution in [0.2, 0.25) is 0 Å². The molecule has 0 aliphatic carbocycles. The molecular formula is C22H30N4. The molecule has 0 bridgehead atoms. The summed E-state index contributed by atoms with van der Waals surface area (Å²) in [5.74, 6) is 1.06. The van der Waals surface area contributed by atoms with Crippen molar-refractivity contribution < 1.29 is 0 Å². The van der Waals surface area contributed by atoms with Gasteiger partial charge in [0.05, 0.1) is 11.1 Å². The number of aryl methyl sites for hydroxylation is 4. The molecule has 0 N–H and O–H groups in total. The first-order valence-electron chi connectivity index (χ1n) is 9.63. The van der Waals surface area contributed by atoms with Gasteiger partial charge in [-0.05, 0) is 57.7 Å². The van der Waals surface area contributed by atoms with Crippen LogP contribution in [0.4, 0.5) is 5.82 Å². The number of benzene rings is 1. The molecule has 3 rings (SSSR count). The Hall–Kier alpha value is -2.36. The highest BCUT2D eigenvalue weighted by Gasteiger charge is 2.18. The minimum atomic E-state index is 0.958. The van der Waals surface area contributed by atoms with E-state index in [1.54, 1.807) is 6.33 Å². The minimum absolute atomic E-state index is 0.958. The van der Waals surface area contributed by atoms with Gasteiger partial charge in [0.2, 0.25) is 0 Å². The Labute approximate surface area is 156 Å². The van der Waals surface area contributed by atoms with Gasteiger partial charge in [0.15, 0.2) is 0 Å². The Bertz CT molecular complexity index is 900. The van der Waals surface area contributed by atoms with Gasteiger partial charge in [-0.15, -0.1) is 0 Å². The third-order valence-corrected chi connectivity index (χ3v) is 5.09. The third kappa shape index (κ3) is 3.20. The topological polar surface area (TPSA) is 34.0 Å². The summed E-state index contributed by atoms with van der Waals surface area (Å²) >= 11 is 0. The Kier molecular flexibility index (Phi) is 5.30. The van der Waals surface area contributed by atoms with Crippen molar-refractivity contribution >= 4 is 16.9 Å². The fraction of sp³-hybridized carbons (Fsp3) is 0.455. The molecule has 0 aliphatic heterocycles. The van der Waals surface area contributed by atoms with Crippen LogP contribution in [0, 0.1) is 27.7 Å². The Balaban J connectivity index is 2.21. The fourth-order valence-electron chi connectivity index (χ4n) is 3.95. The number of rotatable bonds is 6. The second-order valence-electron chi connectivity index (χ2n) is 7.26. The average Bonchev–Trinajstić information content (AvgIpc) is 2.92. The molecule has 4 heteroatoms. The summed E-state index contributed by atoms with van der Waals surface area (Å²) in [7, 11) is 0. The summed E-state index contributed by atoms with van der Waals surface area (Å²) in [4.78, 5) is 11.7. The fourth-order valence-corrected chi connectivity index (χ4v) is 3.95. The quantitative estimate of drug-likeness (QED) is 0.606. The van der Waals surface area contributed by atoms with Crippen molar-refractivity contribution in [2.45, 2.75) is 54.4 Å². The SMILES string of the molecule is CCCCN(CC)c1ncnc2c1c(C)cn2-c1c(C)cc(C)cc1C. The molecule has 2 heterocycles. The summed E-state index contributed by atoms with van der Waals surface area (Å²) < 4.78 is 2.24. The van der Waals surface area contributed by atoms with Crippen LogP contribution >= 0.6 is 0 Å². The Morgan fingerprint density at radius 1 is 0.962 bits per heavy atom. The maximum absolute atomic E-state index is 4.67. The highest BCUT2D eigenvalue weighted by Crippen LogP contribution is 2.32. The second-order valence-corrected chi connectivity index (χ2v) is 7.26. The zero-order valence-corrected chi connectivity index (χ0v) is 16.9. The van der Waals surface area contributed by atoms with Gasteiger partial charge in [-0.3, -0.25) is 0 Å². The number of unbranched alkanes of at least 4 members (excludes halogenated alkanes) is 1. The molecule has 0 atom stereocenters. The van der Waals surface area contributed by atoms with Gasteiger partial charge in [-0.2, -0.15) is 0 Å². The zero-order valence-electron chi connectivity index (χ0n) is 16.9. The normalized spacial score (nSPS) is 11.3. The van der Waals surface area contributed by atoms with Crippen LogP contribution in [0.25, 0.3) is 16.7 Å². The molecule has 0 saturated carbocycles. The molecule has 2 aromatic heterocycles. The zero-order chi connectivity index (χ0) is 18.8. The van der Waals surface area contributed by atoms with Gasteiger partial charge in [0, 0.05) is 19.3 Å². The number of hydrogen-bond donors (Lipinski definition) is 0. The molecule has 138 valence electrons.